The molecule has 0 fully saturated rings. The number of benzene rings is 3. The quantitative estimate of drug-likeness (QED) is 0.361. The lowest BCUT2D eigenvalue weighted by molar-refractivity contribution is -0.140. The van der Waals surface area contributed by atoms with Crippen LogP contribution >= 0.6 is 11.6 Å². The minimum atomic E-state index is -4.25. The van der Waals surface area contributed by atoms with Gasteiger partial charge in [0.2, 0.25) is 11.8 Å². The topological polar surface area (TPSA) is 86.8 Å². The first kappa shape index (κ1) is 29.1. The van der Waals surface area contributed by atoms with Gasteiger partial charge in [-0.2, -0.15) is 0 Å². The SMILES string of the molecule is CCNC(=O)[C@H](CC)N(Cc1ccc(C)cc1)C(=O)CN(c1ccc(F)c(Cl)c1)S(=O)(=O)c1ccccc1. The van der Waals surface area contributed by atoms with Crippen molar-refractivity contribution in [1.29, 1.82) is 0 Å². The first-order valence-electron chi connectivity index (χ1n) is 12.2. The van der Waals surface area contributed by atoms with Crippen molar-refractivity contribution in [2.45, 2.75) is 44.7 Å². The highest BCUT2D eigenvalue weighted by atomic mass is 35.5. The van der Waals surface area contributed by atoms with Crippen molar-refractivity contribution in [3.63, 3.8) is 0 Å². The molecular weight excluding hydrogens is 529 g/mol. The molecule has 3 aromatic rings. The number of carbonyl (C=O) groups excluding carboxylic acids is 2. The summed E-state index contributed by atoms with van der Waals surface area (Å²) in [5.41, 5.74) is 1.85. The van der Waals surface area contributed by atoms with Gasteiger partial charge >= 0.3 is 0 Å². The fourth-order valence-electron chi connectivity index (χ4n) is 3.99. The van der Waals surface area contributed by atoms with Gasteiger partial charge in [-0.1, -0.05) is 66.6 Å². The molecule has 0 saturated carbocycles. The van der Waals surface area contributed by atoms with Crippen LogP contribution in [0, 0.1) is 12.7 Å². The lowest BCUT2D eigenvalue weighted by Crippen LogP contribution is -2.52. The maximum atomic E-state index is 13.9. The summed E-state index contributed by atoms with van der Waals surface area (Å²) in [6, 6.07) is 17.8. The minimum absolute atomic E-state index is 0.0231. The Morgan fingerprint density at radius 3 is 2.24 bits per heavy atom. The van der Waals surface area contributed by atoms with Gasteiger partial charge in [-0.25, -0.2) is 12.8 Å². The van der Waals surface area contributed by atoms with Crippen molar-refractivity contribution >= 4 is 39.1 Å². The third kappa shape index (κ3) is 6.90. The largest absolute Gasteiger partial charge is 0.355 e. The van der Waals surface area contributed by atoms with Gasteiger partial charge in [0.25, 0.3) is 10.0 Å². The Balaban J connectivity index is 2.06. The molecule has 3 aromatic carbocycles. The Morgan fingerprint density at radius 1 is 1.00 bits per heavy atom. The fraction of sp³-hybridized carbons (Fsp3) is 0.286. The smallest absolute Gasteiger partial charge is 0.264 e. The number of anilines is 1. The number of nitrogens with zero attached hydrogens (tertiary/aromatic N) is 2. The second-order valence-electron chi connectivity index (χ2n) is 8.75. The highest BCUT2D eigenvalue weighted by molar-refractivity contribution is 7.92. The Bertz CT molecular complexity index is 1370. The van der Waals surface area contributed by atoms with Crippen LogP contribution in [-0.2, 0) is 26.2 Å². The molecule has 202 valence electrons. The standard InChI is InChI=1S/C28H31ClFN3O4S/c1-4-26(28(35)31-5-2)32(18-21-13-11-20(3)12-14-21)27(34)19-33(22-15-16-25(30)24(29)17-22)38(36,37)23-9-7-6-8-10-23/h6-17,26H,4-5,18-19H2,1-3H3,(H,31,35)/t26-/m0/s1. The molecule has 2 amide bonds. The maximum Gasteiger partial charge on any atom is 0.264 e. The second kappa shape index (κ2) is 12.9. The van der Waals surface area contributed by atoms with Crippen LogP contribution < -0.4 is 9.62 Å². The van der Waals surface area contributed by atoms with E-state index in [0.29, 0.717) is 13.0 Å². The molecule has 0 heterocycles. The van der Waals surface area contributed by atoms with Gasteiger partial charge in [0.15, 0.2) is 0 Å². The van der Waals surface area contributed by atoms with E-state index in [2.05, 4.69) is 5.32 Å². The maximum absolute atomic E-state index is 13.9. The average molecular weight is 560 g/mol. The molecule has 0 saturated heterocycles. The molecule has 0 bridgehead atoms. The number of rotatable bonds is 11. The molecular formula is C28H31ClFN3O4S. The number of carbonyl (C=O) groups is 2. The van der Waals surface area contributed by atoms with E-state index in [0.717, 1.165) is 27.6 Å². The Labute approximate surface area is 228 Å². The molecule has 0 aliphatic carbocycles. The van der Waals surface area contributed by atoms with Crippen molar-refractivity contribution in [3.8, 4) is 0 Å². The molecule has 3 rings (SSSR count). The first-order chi connectivity index (χ1) is 18.1. The van der Waals surface area contributed by atoms with Crippen LogP contribution in [0.3, 0.4) is 0 Å². The predicted molar refractivity (Wildman–Crippen MR) is 147 cm³/mol. The van der Waals surface area contributed by atoms with Gasteiger partial charge in [0, 0.05) is 13.1 Å². The molecule has 1 N–H and O–H groups in total. The Hall–Kier alpha value is -3.43. The van der Waals surface area contributed by atoms with Gasteiger partial charge < -0.3 is 10.2 Å². The number of sulfonamides is 1. The number of hydrogen-bond acceptors (Lipinski definition) is 4. The molecule has 0 radical (unpaired) electrons. The first-order valence-corrected chi connectivity index (χ1v) is 14.1. The van der Waals surface area contributed by atoms with E-state index >= 15 is 0 Å². The fourth-order valence-corrected chi connectivity index (χ4v) is 5.59. The van der Waals surface area contributed by atoms with E-state index in [1.54, 1.807) is 32.0 Å². The summed E-state index contributed by atoms with van der Waals surface area (Å²) >= 11 is 5.98. The third-order valence-electron chi connectivity index (χ3n) is 6.01. The Morgan fingerprint density at radius 2 is 1.66 bits per heavy atom. The van der Waals surface area contributed by atoms with Crippen LogP contribution in [0.4, 0.5) is 10.1 Å². The van der Waals surface area contributed by atoms with Crippen LogP contribution in [0.1, 0.15) is 31.4 Å². The summed E-state index contributed by atoms with van der Waals surface area (Å²) < 4.78 is 42.2. The third-order valence-corrected chi connectivity index (χ3v) is 8.09. The molecule has 0 unspecified atom stereocenters. The van der Waals surface area contributed by atoms with Gasteiger partial charge in [-0.05, 0) is 56.2 Å². The van der Waals surface area contributed by atoms with Crippen molar-refractivity contribution < 1.29 is 22.4 Å². The summed E-state index contributed by atoms with van der Waals surface area (Å²) in [6.07, 6.45) is 0.317. The number of amides is 2. The lowest BCUT2D eigenvalue weighted by Gasteiger charge is -2.33. The van der Waals surface area contributed by atoms with Crippen molar-refractivity contribution in [1.82, 2.24) is 10.2 Å². The van der Waals surface area contributed by atoms with E-state index in [1.807, 2.05) is 31.2 Å². The summed E-state index contributed by atoms with van der Waals surface area (Å²) in [5, 5.41) is 2.47. The summed E-state index contributed by atoms with van der Waals surface area (Å²) in [4.78, 5) is 28.1. The van der Waals surface area contributed by atoms with Crippen LogP contribution in [-0.4, -0.2) is 44.3 Å². The highest BCUT2D eigenvalue weighted by Crippen LogP contribution is 2.28. The number of halogens is 2. The number of aryl methyl sites for hydroxylation is 1. The van der Waals surface area contributed by atoms with E-state index in [9.17, 15) is 22.4 Å². The predicted octanol–water partition coefficient (Wildman–Crippen LogP) is 4.93. The zero-order chi connectivity index (χ0) is 27.9. The number of hydrogen-bond donors (Lipinski definition) is 1. The molecule has 10 heteroatoms. The van der Waals surface area contributed by atoms with Gasteiger partial charge in [0.1, 0.15) is 18.4 Å². The van der Waals surface area contributed by atoms with E-state index in [1.165, 1.54) is 23.1 Å². The molecule has 7 nitrogen and oxygen atoms in total. The second-order valence-corrected chi connectivity index (χ2v) is 11.0. The molecule has 1 atom stereocenters. The van der Waals surface area contributed by atoms with Crippen molar-refractivity contribution in [2.24, 2.45) is 0 Å². The number of likely N-dealkylation sites (N-methyl/N-ethyl adjacent to an activating group) is 1. The summed E-state index contributed by atoms with van der Waals surface area (Å²) in [7, 11) is -4.25. The van der Waals surface area contributed by atoms with Crippen molar-refractivity contribution in [2.75, 3.05) is 17.4 Å². The Kier molecular flexibility index (Phi) is 9.88. The zero-order valence-electron chi connectivity index (χ0n) is 21.5. The number of nitrogens with one attached hydrogen (secondary N) is 1. The van der Waals surface area contributed by atoms with Crippen LogP contribution in [0.5, 0.6) is 0 Å². The molecule has 38 heavy (non-hydrogen) atoms. The van der Waals surface area contributed by atoms with Gasteiger partial charge in [-0.15, -0.1) is 0 Å². The lowest BCUT2D eigenvalue weighted by atomic mass is 10.1. The van der Waals surface area contributed by atoms with Gasteiger partial charge in [-0.3, -0.25) is 13.9 Å². The molecule has 0 aliphatic heterocycles. The summed E-state index contributed by atoms with van der Waals surface area (Å²) in [6.45, 7) is 5.36. The molecule has 0 spiro atoms. The van der Waals surface area contributed by atoms with E-state index in [4.69, 9.17) is 11.6 Å². The summed E-state index contributed by atoms with van der Waals surface area (Å²) in [5.74, 6) is -1.65. The minimum Gasteiger partial charge on any atom is -0.355 e. The van der Waals surface area contributed by atoms with E-state index < -0.39 is 34.3 Å². The van der Waals surface area contributed by atoms with Crippen molar-refractivity contribution in [3.05, 3.63) is 94.8 Å². The molecule has 0 aromatic heterocycles. The normalized spacial score (nSPS) is 12.0. The van der Waals surface area contributed by atoms with E-state index in [-0.39, 0.29) is 28.1 Å². The highest BCUT2D eigenvalue weighted by Gasteiger charge is 2.33. The zero-order valence-corrected chi connectivity index (χ0v) is 23.1. The van der Waals surface area contributed by atoms with Crippen LogP contribution in [0.2, 0.25) is 5.02 Å². The van der Waals surface area contributed by atoms with Crippen LogP contribution in [0.15, 0.2) is 77.7 Å². The van der Waals surface area contributed by atoms with Crippen LogP contribution in [0.25, 0.3) is 0 Å². The monoisotopic (exact) mass is 559 g/mol. The average Bonchev–Trinajstić information content (AvgIpc) is 2.90. The molecule has 0 aliphatic rings. The van der Waals surface area contributed by atoms with Gasteiger partial charge in [0.05, 0.1) is 15.6 Å².